The number of ketones is 1. The number of nitrogens with zero attached hydrogens (tertiary/aromatic N) is 1. The van der Waals surface area contributed by atoms with Crippen molar-refractivity contribution >= 4 is 34.8 Å². The highest BCUT2D eigenvalue weighted by Crippen LogP contribution is 2.42. The lowest BCUT2D eigenvalue weighted by Crippen LogP contribution is -2.23. The molecule has 2 aliphatic carbocycles. The third-order valence-electron chi connectivity index (χ3n) is 5.50. The van der Waals surface area contributed by atoms with Crippen LogP contribution in [-0.4, -0.2) is 16.8 Å². The molecular weight excluding hydrogens is 344 g/mol. The molecule has 4 heteroatoms. The predicted molar refractivity (Wildman–Crippen MR) is 108 cm³/mol. The number of hydrogen-bond acceptors (Lipinski definition) is 3. The predicted octanol–water partition coefficient (Wildman–Crippen LogP) is 5.61. The average molecular weight is 365 g/mol. The molecule has 2 aliphatic rings. The van der Waals surface area contributed by atoms with E-state index in [-0.39, 0.29) is 18.2 Å². The second kappa shape index (κ2) is 6.73. The van der Waals surface area contributed by atoms with Crippen LogP contribution in [0.3, 0.4) is 0 Å². The lowest BCUT2D eigenvalue weighted by molar-refractivity contribution is 0.104. The van der Waals surface area contributed by atoms with Gasteiger partial charge in [0, 0.05) is 22.6 Å². The summed E-state index contributed by atoms with van der Waals surface area (Å²) >= 11 is 0. The number of fused-ring (bicyclic) bond motifs is 4. The lowest BCUT2D eigenvalue weighted by Gasteiger charge is -2.25. The Labute approximate surface area is 159 Å². The maximum Gasteiger partial charge on any atom is 0.198 e. The van der Waals surface area contributed by atoms with Crippen molar-refractivity contribution in [2.75, 3.05) is 5.32 Å². The van der Waals surface area contributed by atoms with Gasteiger partial charge in [0.2, 0.25) is 0 Å². The number of rotatable bonds is 2. The van der Waals surface area contributed by atoms with Crippen LogP contribution in [-0.2, 0) is 0 Å². The van der Waals surface area contributed by atoms with Crippen molar-refractivity contribution in [1.82, 2.24) is 4.98 Å². The summed E-state index contributed by atoms with van der Waals surface area (Å²) in [5.74, 6) is 0.0992. The standard InChI is InChI=1S/C22H20N2O.ClH/c25-22-16-11-5-4-10-15(16)20-19(22)21(23-14-8-2-1-3-9-14)17-12-6-7-13-18(17)24-20;/h4-7,10-14H,1-3,8-9H2,(H,23,24);1H. The minimum Gasteiger partial charge on any atom is -0.381 e. The van der Waals surface area contributed by atoms with Crippen molar-refractivity contribution < 1.29 is 4.79 Å². The normalized spacial score (nSPS) is 16.1. The first-order valence-electron chi connectivity index (χ1n) is 9.16. The van der Waals surface area contributed by atoms with Gasteiger partial charge in [0.05, 0.1) is 22.5 Å². The number of halogens is 1. The largest absolute Gasteiger partial charge is 0.381 e. The van der Waals surface area contributed by atoms with Crippen LogP contribution in [0.2, 0.25) is 0 Å². The van der Waals surface area contributed by atoms with E-state index in [1.165, 1.54) is 32.1 Å². The van der Waals surface area contributed by atoms with Gasteiger partial charge in [-0.2, -0.15) is 0 Å². The summed E-state index contributed by atoms with van der Waals surface area (Å²) in [6.07, 6.45) is 6.19. The molecule has 0 atom stereocenters. The van der Waals surface area contributed by atoms with Crippen molar-refractivity contribution in [3.63, 3.8) is 0 Å². The topological polar surface area (TPSA) is 42.0 Å². The third-order valence-corrected chi connectivity index (χ3v) is 5.50. The molecule has 1 saturated carbocycles. The summed E-state index contributed by atoms with van der Waals surface area (Å²) in [4.78, 5) is 18.0. The lowest BCUT2D eigenvalue weighted by atomic mass is 9.94. The highest BCUT2D eigenvalue weighted by molar-refractivity contribution is 6.26. The average Bonchev–Trinajstić information content (AvgIpc) is 2.95. The molecule has 0 radical (unpaired) electrons. The zero-order valence-electron chi connectivity index (χ0n) is 14.5. The number of nitrogens with one attached hydrogen (secondary N) is 1. The number of para-hydroxylation sites is 1. The molecular formula is C22H21ClN2O. The molecule has 3 aromatic rings. The molecule has 1 heterocycles. The van der Waals surface area contributed by atoms with E-state index in [1.807, 2.05) is 42.5 Å². The van der Waals surface area contributed by atoms with Crippen LogP contribution in [0, 0.1) is 0 Å². The number of hydrogen-bond donors (Lipinski definition) is 1. The van der Waals surface area contributed by atoms with Gasteiger partial charge >= 0.3 is 0 Å². The molecule has 1 fully saturated rings. The minimum atomic E-state index is 0. The first kappa shape index (κ1) is 17.0. The van der Waals surface area contributed by atoms with Crippen LogP contribution in [0.1, 0.15) is 48.0 Å². The maximum atomic E-state index is 13.1. The molecule has 0 bridgehead atoms. The molecule has 0 saturated heterocycles. The molecule has 0 amide bonds. The number of carbonyl (C=O) groups excluding carboxylic acids is 1. The zero-order chi connectivity index (χ0) is 16.8. The molecule has 5 rings (SSSR count). The van der Waals surface area contributed by atoms with Gasteiger partial charge in [0.25, 0.3) is 0 Å². The van der Waals surface area contributed by atoms with Gasteiger partial charge in [-0.3, -0.25) is 4.79 Å². The highest BCUT2D eigenvalue weighted by atomic mass is 35.5. The van der Waals surface area contributed by atoms with E-state index in [1.54, 1.807) is 0 Å². The van der Waals surface area contributed by atoms with Gasteiger partial charge < -0.3 is 5.32 Å². The number of carbonyl (C=O) groups is 1. The van der Waals surface area contributed by atoms with Gasteiger partial charge in [-0.15, -0.1) is 12.4 Å². The van der Waals surface area contributed by atoms with Gasteiger partial charge in [-0.05, 0) is 18.9 Å². The molecule has 132 valence electrons. The van der Waals surface area contributed by atoms with Crippen molar-refractivity contribution in [1.29, 1.82) is 0 Å². The van der Waals surface area contributed by atoms with Crippen LogP contribution in [0.4, 0.5) is 5.69 Å². The number of aromatic nitrogens is 1. The van der Waals surface area contributed by atoms with Gasteiger partial charge in [0.1, 0.15) is 0 Å². The van der Waals surface area contributed by atoms with Gasteiger partial charge in [-0.25, -0.2) is 4.98 Å². The first-order valence-corrected chi connectivity index (χ1v) is 9.16. The Kier molecular flexibility index (Phi) is 4.41. The van der Waals surface area contributed by atoms with Gasteiger partial charge in [-0.1, -0.05) is 61.7 Å². The Morgan fingerprint density at radius 3 is 2.38 bits per heavy atom. The Morgan fingerprint density at radius 1 is 0.885 bits per heavy atom. The SMILES string of the molecule is Cl.O=C1c2ccccc2-c2nc3ccccc3c(NC3CCCCC3)c21. The van der Waals surface area contributed by atoms with E-state index < -0.39 is 0 Å². The van der Waals surface area contributed by atoms with E-state index >= 15 is 0 Å². The van der Waals surface area contributed by atoms with Crippen LogP contribution < -0.4 is 5.32 Å². The Balaban J connectivity index is 0.00000168. The van der Waals surface area contributed by atoms with Crippen molar-refractivity contribution in [2.24, 2.45) is 0 Å². The van der Waals surface area contributed by atoms with E-state index in [9.17, 15) is 4.79 Å². The minimum absolute atomic E-state index is 0. The highest BCUT2D eigenvalue weighted by Gasteiger charge is 2.32. The van der Waals surface area contributed by atoms with Crippen molar-refractivity contribution in [3.05, 3.63) is 59.7 Å². The molecule has 0 aliphatic heterocycles. The first-order chi connectivity index (χ1) is 12.3. The number of anilines is 1. The molecule has 3 nitrogen and oxygen atoms in total. The van der Waals surface area contributed by atoms with Crippen LogP contribution in [0.5, 0.6) is 0 Å². The quantitative estimate of drug-likeness (QED) is 0.502. The van der Waals surface area contributed by atoms with E-state index in [2.05, 4.69) is 11.4 Å². The summed E-state index contributed by atoms with van der Waals surface area (Å²) in [6.45, 7) is 0. The summed E-state index contributed by atoms with van der Waals surface area (Å²) in [5, 5.41) is 4.78. The zero-order valence-corrected chi connectivity index (χ0v) is 15.3. The molecule has 0 unspecified atom stereocenters. The number of pyridine rings is 1. The molecule has 1 N–H and O–H groups in total. The Hall–Kier alpha value is -2.39. The fourth-order valence-electron chi connectivity index (χ4n) is 4.25. The van der Waals surface area contributed by atoms with Crippen molar-refractivity contribution in [2.45, 2.75) is 38.1 Å². The Bertz CT molecular complexity index is 993. The van der Waals surface area contributed by atoms with Gasteiger partial charge in [0.15, 0.2) is 5.78 Å². The molecule has 26 heavy (non-hydrogen) atoms. The maximum absolute atomic E-state index is 13.1. The van der Waals surface area contributed by atoms with Crippen molar-refractivity contribution in [3.8, 4) is 11.3 Å². The fraction of sp³-hybridized carbons (Fsp3) is 0.273. The van der Waals surface area contributed by atoms with Crippen LogP contribution >= 0.6 is 12.4 Å². The van der Waals surface area contributed by atoms with Crippen LogP contribution in [0.25, 0.3) is 22.2 Å². The summed E-state index contributed by atoms with van der Waals surface area (Å²) in [5.41, 5.74) is 5.24. The van der Waals surface area contributed by atoms with E-state index in [0.717, 1.165) is 39.0 Å². The fourth-order valence-corrected chi connectivity index (χ4v) is 4.25. The molecule has 0 spiro atoms. The molecule has 2 aromatic carbocycles. The third kappa shape index (κ3) is 2.58. The monoisotopic (exact) mass is 364 g/mol. The smallest absolute Gasteiger partial charge is 0.198 e. The van der Waals surface area contributed by atoms with E-state index in [0.29, 0.717) is 6.04 Å². The second-order valence-corrected chi connectivity index (χ2v) is 7.08. The summed E-state index contributed by atoms with van der Waals surface area (Å²) < 4.78 is 0. The number of benzene rings is 2. The van der Waals surface area contributed by atoms with Crippen LogP contribution in [0.15, 0.2) is 48.5 Å². The Morgan fingerprint density at radius 2 is 1.58 bits per heavy atom. The summed E-state index contributed by atoms with van der Waals surface area (Å²) in [6, 6.07) is 16.4. The summed E-state index contributed by atoms with van der Waals surface area (Å²) in [7, 11) is 0. The second-order valence-electron chi connectivity index (χ2n) is 7.08. The molecule has 1 aromatic heterocycles. The van der Waals surface area contributed by atoms with E-state index in [4.69, 9.17) is 4.98 Å².